The lowest BCUT2D eigenvalue weighted by molar-refractivity contribution is 0.152. The largest absolute Gasteiger partial charge is 0.486 e. The number of aromatic nitrogens is 2. The molecule has 3 aliphatic heterocycles. The molecule has 1 N–H and O–H groups in total. The van der Waals surface area contributed by atoms with Gasteiger partial charge >= 0.3 is 0 Å². The van der Waals surface area contributed by atoms with Gasteiger partial charge in [-0.15, -0.1) is 0 Å². The van der Waals surface area contributed by atoms with E-state index in [0.29, 0.717) is 19.3 Å². The van der Waals surface area contributed by atoms with Crippen molar-refractivity contribution in [1.29, 1.82) is 0 Å². The Hall–Kier alpha value is -2.21. The van der Waals surface area contributed by atoms with Crippen LogP contribution in [-0.4, -0.2) is 47.5 Å². The fourth-order valence-electron chi connectivity index (χ4n) is 4.83. The second kappa shape index (κ2) is 7.66. The summed E-state index contributed by atoms with van der Waals surface area (Å²) < 4.78 is 13.6. The molecule has 1 aromatic carbocycles. The standard InChI is InChI=1S/C22H30N4O2/c1-2-25-12-6-4-8-18(25)21-17-7-3-5-11-23-22(17)26(24-21)16-9-10-19-20(15-16)28-14-13-27-19/h9-10,15,18,23H,2-8,11-14H2,1H3. The van der Waals surface area contributed by atoms with Crippen LogP contribution in [0.2, 0.25) is 0 Å². The molecular weight excluding hydrogens is 352 g/mol. The third kappa shape index (κ3) is 3.13. The average Bonchev–Trinajstić information content (AvgIpc) is 2.93. The minimum absolute atomic E-state index is 0.436. The molecule has 2 aromatic rings. The van der Waals surface area contributed by atoms with Gasteiger partial charge in [0.15, 0.2) is 11.5 Å². The van der Waals surface area contributed by atoms with E-state index in [-0.39, 0.29) is 0 Å². The summed E-state index contributed by atoms with van der Waals surface area (Å²) in [5.41, 5.74) is 3.73. The molecule has 1 atom stereocenters. The highest BCUT2D eigenvalue weighted by atomic mass is 16.6. The van der Waals surface area contributed by atoms with E-state index in [2.05, 4.69) is 34.0 Å². The molecule has 28 heavy (non-hydrogen) atoms. The average molecular weight is 383 g/mol. The van der Waals surface area contributed by atoms with E-state index >= 15 is 0 Å². The van der Waals surface area contributed by atoms with E-state index < -0.39 is 0 Å². The number of hydrogen-bond donors (Lipinski definition) is 1. The summed E-state index contributed by atoms with van der Waals surface area (Å²) in [5, 5.41) is 8.87. The highest BCUT2D eigenvalue weighted by Gasteiger charge is 2.31. The lowest BCUT2D eigenvalue weighted by atomic mass is 9.95. The lowest BCUT2D eigenvalue weighted by Gasteiger charge is -2.34. The molecule has 5 rings (SSSR count). The second-order valence-corrected chi connectivity index (χ2v) is 7.98. The van der Waals surface area contributed by atoms with E-state index in [4.69, 9.17) is 14.6 Å². The molecule has 6 heteroatoms. The van der Waals surface area contributed by atoms with Crippen molar-refractivity contribution in [2.45, 2.75) is 51.5 Å². The van der Waals surface area contributed by atoms with Gasteiger partial charge in [-0.2, -0.15) is 5.10 Å². The smallest absolute Gasteiger partial charge is 0.163 e. The normalized spacial score (nSPS) is 22.2. The molecule has 1 fully saturated rings. The van der Waals surface area contributed by atoms with Crippen LogP contribution in [0.1, 0.15) is 56.3 Å². The van der Waals surface area contributed by atoms with Crippen molar-refractivity contribution in [3.05, 3.63) is 29.5 Å². The minimum Gasteiger partial charge on any atom is -0.486 e. The predicted octanol–water partition coefficient (Wildman–Crippen LogP) is 3.94. The van der Waals surface area contributed by atoms with Crippen molar-refractivity contribution < 1.29 is 9.47 Å². The number of anilines is 1. The van der Waals surface area contributed by atoms with Crippen LogP contribution >= 0.6 is 0 Å². The molecule has 0 aliphatic carbocycles. The summed E-state index contributed by atoms with van der Waals surface area (Å²) in [6.45, 7) is 6.76. The molecule has 0 bridgehead atoms. The van der Waals surface area contributed by atoms with Gasteiger partial charge in [0.05, 0.1) is 17.4 Å². The maximum atomic E-state index is 5.82. The fourth-order valence-corrected chi connectivity index (χ4v) is 4.83. The molecule has 0 radical (unpaired) electrons. The third-order valence-electron chi connectivity index (χ3n) is 6.27. The number of piperidine rings is 1. The maximum absolute atomic E-state index is 5.82. The van der Waals surface area contributed by atoms with Gasteiger partial charge in [-0.05, 0) is 57.3 Å². The Kier molecular flexibility index (Phi) is 4.89. The minimum atomic E-state index is 0.436. The first-order valence-corrected chi connectivity index (χ1v) is 10.8. The summed E-state index contributed by atoms with van der Waals surface area (Å²) >= 11 is 0. The van der Waals surface area contributed by atoms with E-state index in [1.54, 1.807) is 0 Å². The van der Waals surface area contributed by atoms with Gasteiger partial charge in [-0.3, -0.25) is 4.90 Å². The van der Waals surface area contributed by atoms with Crippen molar-refractivity contribution in [2.24, 2.45) is 0 Å². The van der Waals surface area contributed by atoms with Crippen LogP contribution in [0.5, 0.6) is 11.5 Å². The summed E-state index contributed by atoms with van der Waals surface area (Å²) in [6, 6.07) is 6.60. The molecule has 0 spiro atoms. The Morgan fingerprint density at radius 1 is 1.11 bits per heavy atom. The van der Waals surface area contributed by atoms with Crippen molar-refractivity contribution in [1.82, 2.24) is 14.7 Å². The van der Waals surface area contributed by atoms with Gasteiger partial charge in [-0.1, -0.05) is 13.3 Å². The SMILES string of the molecule is CCN1CCCCC1c1nn(-c2ccc3c(c2)OCCO3)c2c1CCCCN2. The zero-order valence-corrected chi connectivity index (χ0v) is 16.7. The molecule has 1 saturated heterocycles. The summed E-state index contributed by atoms with van der Waals surface area (Å²) in [6.07, 6.45) is 7.33. The van der Waals surface area contributed by atoms with E-state index in [9.17, 15) is 0 Å². The second-order valence-electron chi connectivity index (χ2n) is 7.98. The molecule has 0 saturated carbocycles. The van der Waals surface area contributed by atoms with Crippen LogP contribution in [-0.2, 0) is 6.42 Å². The molecule has 1 aromatic heterocycles. The van der Waals surface area contributed by atoms with Gasteiger partial charge in [0, 0.05) is 18.2 Å². The number of hydrogen-bond acceptors (Lipinski definition) is 5. The zero-order valence-electron chi connectivity index (χ0n) is 16.7. The van der Waals surface area contributed by atoms with Crippen molar-refractivity contribution in [3.63, 3.8) is 0 Å². The molecule has 3 aliphatic rings. The van der Waals surface area contributed by atoms with Crippen LogP contribution in [0.3, 0.4) is 0 Å². The Morgan fingerprint density at radius 3 is 2.89 bits per heavy atom. The summed E-state index contributed by atoms with van der Waals surface area (Å²) in [4.78, 5) is 2.60. The molecule has 4 heterocycles. The van der Waals surface area contributed by atoms with Crippen LogP contribution in [0, 0.1) is 0 Å². The van der Waals surface area contributed by atoms with E-state index in [1.807, 2.05) is 6.07 Å². The molecule has 1 unspecified atom stereocenters. The number of fused-ring (bicyclic) bond motifs is 2. The lowest BCUT2D eigenvalue weighted by Crippen LogP contribution is -2.33. The number of rotatable bonds is 3. The Balaban J connectivity index is 1.59. The Bertz CT molecular complexity index is 847. The first kappa shape index (κ1) is 17.9. The monoisotopic (exact) mass is 382 g/mol. The molecule has 150 valence electrons. The van der Waals surface area contributed by atoms with Gasteiger partial charge in [-0.25, -0.2) is 4.68 Å². The number of likely N-dealkylation sites (tertiary alicyclic amines) is 1. The fraction of sp³-hybridized carbons (Fsp3) is 0.591. The van der Waals surface area contributed by atoms with Gasteiger partial charge in [0.1, 0.15) is 19.0 Å². The van der Waals surface area contributed by atoms with Crippen molar-refractivity contribution in [2.75, 3.05) is 38.2 Å². The highest BCUT2D eigenvalue weighted by Crippen LogP contribution is 2.39. The Morgan fingerprint density at radius 2 is 2.00 bits per heavy atom. The maximum Gasteiger partial charge on any atom is 0.163 e. The van der Waals surface area contributed by atoms with Gasteiger partial charge in [0.2, 0.25) is 0 Å². The van der Waals surface area contributed by atoms with Crippen molar-refractivity contribution in [3.8, 4) is 17.2 Å². The topological polar surface area (TPSA) is 51.6 Å². The van der Waals surface area contributed by atoms with Crippen molar-refractivity contribution >= 4 is 5.82 Å². The quantitative estimate of drug-likeness (QED) is 0.871. The van der Waals surface area contributed by atoms with E-state index in [1.165, 1.54) is 55.7 Å². The van der Waals surface area contributed by atoms with Gasteiger partial charge in [0.25, 0.3) is 0 Å². The molecule has 6 nitrogen and oxygen atoms in total. The van der Waals surface area contributed by atoms with Gasteiger partial charge < -0.3 is 14.8 Å². The molecular formula is C22H30N4O2. The summed E-state index contributed by atoms with van der Waals surface area (Å²) in [5.74, 6) is 2.81. The number of nitrogens with one attached hydrogen (secondary N) is 1. The zero-order chi connectivity index (χ0) is 18.9. The Labute approximate surface area is 166 Å². The van der Waals surface area contributed by atoms with E-state index in [0.717, 1.165) is 36.7 Å². The first-order valence-electron chi connectivity index (χ1n) is 10.8. The van der Waals surface area contributed by atoms with Crippen LogP contribution < -0.4 is 14.8 Å². The number of nitrogens with zero attached hydrogens (tertiary/aromatic N) is 3. The van der Waals surface area contributed by atoms with Crippen LogP contribution in [0.25, 0.3) is 5.69 Å². The first-order chi connectivity index (χ1) is 13.8. The van der Waals surface area contributed by atoms with Crippen LogP contribution in [0.15, 0.2) is 18.2 Å². The molecule has 0 amide bonds. The predicted molar refractivity (Wildman–Crippen MR) is 110 cm³/mol. The number of ether oxygens (including phenoxy) is 2. The number of benzene rings is 1. The summed E-state index contributed by atoms with van der Waals surface area (Å²) in [7, 11) is 0. The third-order valence-corrected chi connectivity index (χ3v) is 6.27. The highest BCUT2D eigenvalue weighted by molar-refractivity contribution is 5.58. The van der Waals surface area contributed by atoms with Crippen LogP contribution in [0.4, 0.5) is 5.82 Å².